The van der Waals surface area contributed by atoms with Crippen LogP contribution in [0.2, 0.25) is 0 Å². The Labute approximate surface area is 145 Å². The van der Waals surface area contributed by atoms with Gasteiger partial charge in [0, 0.05) is 12.6 Å². The highest BCUT2D eigenvalue weighted by Crippen LogP contribution is 2.34. The summed E-state index contributed by atoms with van der Waals surface area (Å²) in [7, 11) is 1.62. The van der Waals surface area contributed by atoms with Gasteiger partial charge in [-0.05, 0) is 62.0 Å². The number of ether oxygens (including phenoxy) is 1. The molecular weight excluding hydrogens is 324 g/mol. The normalized spacial score (nSPS) is 18.0. The Hall–Kier alpha value is -2.47. The monoisotopic (exact) mass is 342 g/mol. The van der Waals surface area contributed by atoms with Gasteiger partial charge in [-0.2, -0.15) is 0 Å². The van der Waals surface area contributed by atoms with Gasteiger partial charge in [-0.1, -0.05) is 0 Å². The molecule has 2 heterocycles. The van der Waals surface area contributed by atoms with Crippen molar-refractivity contribution in [2.24, 2.45) is 4.99 Å². The van der Waals surface area contributed by atoms with Crippen molar-refractivity contribution in [3.63, 3.8) is 0 Å². The molecule has 1 fully saturated rings. The van der Waals surface area contributed by atoms with Gasteiger partial charge < -0.3 is 9.15 Å². The Bertz CT molecular complexity index is 806. The van der Waals surface area contributed by atoms with Crippen molar-refractivity contribution in [3.8, 4) is 5.75 Å². The minimum Gasteiger partial charge on any atom is -0.497 e. The Morgan fingerprint density at radius 3 is 2.58 bits per heavy atom. The van der Waals surface area contributed by atoms with E-state index in [1.54, 1.807) is 18.1 Å². The summed E-state index contributed by atoms with van der Waals surface area (Å²) in [6, 6.07) is 11.1. The lowest BCUT2D eigenvalue weighted by Crippen LogP contribution is -2.28. The molecule has 3 rings (SSSR count). The zero-order valence-corrected chi connectivity index (χ0v) is 14.6. The summed E-state index contributed by atoms with van der Waals surface area (Å²) in [4.78, 5) is 19.4. The van der Waals surface area contributed by atoms with Gasteiger partial charge in [-0.25, -0.2) is 4.99 Å². The van der Waals surface area contributed by atoms with Crippen molar-refractivity contribution in [1.82, 2.24) is 4.90 Å². The summed E-state index contributed by atoms with van der Waals surface area (Å²) in [5.41, 5.74) is 0.777. The van der Waals surface area contributed by atoms with Gasteiger partial charge in [0.1, 0.15) is 17.3 Å². The van der Waals surface area contributed by atoms with Gasteiger partial charge in [0.25, 0.3) is 5.91 Å². The fourth-order valence-electron chi connectivity index (χ4n) is 2.30. The van der Waals surface area contributed by atoms with Crippen molar-refractivity contribution in [3.05, 3.63) is 52.8 Å². The smallest absolute Gasteiger partial charge is 0.266 e. The quantitative estimate of drug-likeness (QED) is 0.781. The first-order valence-corrected chi connectivity index (χ1v) is 8.43. The molecule has 0 aliphatic carbocycles. The highest BCUT2D eigenvalue weighted by Gasteiger charge is 2.32. The summed E-state index contributed by atoms with van der Waals surface area (Å²) >= 11 is 1.36. The molecule has 0 saturated carbocycles. The first kappa shape index (κ1) is 16.4. The molecule has 1 aromatic heterocycles. The SMILES string of the molecule is CCN1C(=O)/C(=C/c2ccc(C)o2)SC1=Nc1ccc(OC)cc1. The summed E-state index contributed by atoms with van der Waals surface area (Å²) in [5.74, 6) is 2.21. The predicted octanol–water partition coefficient (Wildman–Crippen LogP) is 4.22. The highest BCUT2D eigenvalue weighted by atomic mass is 32.2. The molecule has 124 valence electrons. The summed E-state index contributed by atoms with van der Waals surface area (Å²) in [6.07, 6.45) is 1.76. The Kier molecular flexibility index (Phi) is 4.76. The van der Waals surface area contributed by atoms with E-state index in [1.807, 2.05) is 50.2 Å². The third kappa shape index (κ3) is 3.38. The summed E-state index contributed by atoms with van der Waals surface area (Å²) < 4.78 is 10.7. The maximum atomic E-state index is 12.5. The number of furan rings is 1. The number of nitrogens with zero attached hydrogens (tertiary/aromatic N) is 2. The average molecular weight is 342 g/mol. The minimum atomic E-state index is -0.0520. The molecular formula is C18H18N2O3S. The molecule has 6 heteroatoms. The lowest BCUT2D eigenvalue weighted by Gasteiger charge is -2.12. The number of carbonyl (C=O) groups excluding carboxylic acids is 1. The molecule has 1 amide bonds. The molecule has 1 aliphatic rings. The van der Waals surface area contributed by atoms with Gasteiger partial charge in [-0.15, -0.1) is 0 Å². The van der Waals surface area contributed by atoms with Gasteiger partial charge in [0.15, 0.2) is 5.17 Å². The van der Waals surface area contributed by atoms with E-state index in [0.717, 1.165) is 17.2 Å². The first-order valence-electron chi connectivity index (χ1n) is 7.61. The van der Waals surface area contributed by atoms with Crippen molar-refractivity contribution in [2.45, 2.75) is 13.8 Å². The first-order chi connectivity index (χ1) is 11.6. The Balaban J connectivity index is 1.89. The van der Waals surface area contributed by atoms with Gasteiger partial charge >= 0.3 is 0 Å². The Morgan fingerprint density at radius 2 is 2.00 bits per heavy atom. The number of aryl methyl sites for hydroxylation is 1. The number of hydrogen-bond donors (Lipinski definition) is 0. The van der Waals surface area contributed by atoms with Gasteiger partial charge in [-0.3, -0.25) is 9.69 Å². The molecule has 2 aromatic rings. The molecule has 0 spiro atoms. The van der Waals surface area contributed by atoms with E-state index >= 15 is 0 Å². The number of hydrogen-bond acceptors (Lipinski definition) is 5. The second-order valence-electron chi connectivity index (χ2n) is 5.20. The van der Waals surface area contributed by atoms with E-state index in [-0.39, 0.29) is 5.91 Å². The van der Waals surface area contributed by atoms with E-state index in [1.165, 1.54) is 11.8 Å². The lowest BCUT2D eigenvalue weighted by atomic mass is 10.3. The number of methoxy groups -OCH3 is 1. The van der Waals surface area contributed by atoms with Crippen LogP contribution in [0.3, 0.4) is 0 Å². The minimum absolute atomic E-state index is 0.0520. The average Bonchev–Trinajstić information content (AvgIpc) is 3.12. The van der Waals surface area contributed by atoms with Crippen LogP contribution in [0.25, 0.3) is 6.08 Å². The highest BCUT2D eigenvalue weighted by molar-refractivity contribution is 8.18. The lowest BCUT2D eigenvalue weighted by molar-refractivity contribution is -0.122. The molecule has 0 bridgehead atoms. The molecule has 1 saturated heterocycles. The number of likely N-dealkylation sites (N-methyl/N-ethyl adjacent to an activating group) is 1. The molecule has 24 heavy (non-hydrogen) atoms. The second kappa shape index (κ2) is 6.97. The van der Waals surface area contributed by atoms with Crippen LogP contribution >= 0.6 is 11.8 Å². The molecule has 0 unspecified atom stereocenters. The van der Waals surface area contributed by atoms with Crippen LogP contribution in [0.1, 0.15) is 18.4 Å². The van der Waals surface area contributed by atoms with Gasteiger partial charge in [0.05, 0.1) is 17.7 Å². The topological polar surface area (TPSA) is 55.0 Å². The van der Waals surface area contributed by atoms with E-state index in [0.29, 0.717) is 22.4 Å². The number of aliphatic imine (C=N–C) groups is 1. The van der Waals surface area contributed by atoms with E-state index in [4.69, 9.17) is 9.15 Å². The molecule has 0 radical (unpaired) electrons. The third-order valence-electron chi connectivity index (χ3n) is 3.54. The molecule has 1 aliphatic heterocycles. The number of rotatable bonds is 4. The maximum Gasteiger partial charge on any atom is 0.266 e. The molecule has 1 aromatic carbocycles. The molecule has 0 atom stereocenters. The van der Waals surface area contributed by atoms with Crippen LogP contribution < -0.4 is 4.74 Å². The van der Waals surface area contributed by atoms with Crippen LogP contribution in [0.4, 0.5) is 5.69 Å². The van der Waals surface area contributed by atoms with Crippen molar-refractivity contribution in [1.29, 1.82) is 0 Å². The second-order valence-corrected chi connectivity index (χ2v) is 6.21. The predicted molar refractivity (Wildman–Crippen MR) is 96.5 cm³/mol. The summed E-state index contributed by atoms with van der Waals surface area (Å²) in [5, 5.41) is 0.669. The number of amides is 1. The van der Waals surface area contributed by atoms with E-state index in [9.17, 15) is 4.79 Å². The van der Waals surface area contributed by atoms with Crippen molar-refractivity contribution in [2.75, 3.05) is 13.7 Å². The zero-order chi connectivity index (χ0) is 17.1. The van der Waals surface area contributed by atoms with Crippen LogP contribution in [0.5, 0.6) is 5.75 Å². The number of benzene rings is 1. The van der Waals surface area contributed by atoms with Crippen LogP contribution in [-0.4, -0.2) is 29.6 Å². The number of thioether (sulfide) groups is 1. The Morgan fingerprint density at radius 1 is 1.25 bits per heavy atom. The van der Waals surface area contributed by atoms with Crippen LogP contribution in [0, 0.1) is 6.92 Å². The fourth-order valence-corrected chi connectivity index (χ4v) is 3.34. The number of amidine groups is 1. The van der Waals surface area contributed by atoms with E-state index in [2.05, 4.69) is 4.99 Å². The number of carbonyl (C=O) groups is 1. The van der Waals surface area contributed by atoms with Crippen molar-refractivity contribution >= 4 is 34.6 Å². The largest absolute Gasteiger partial charge is 0.497 e. The summed E-state index contributed by atoms with van der Waals surface area (Å²) in [6.45, 7) is 4.37. The van der Waals surface area contributed by atoms with Crippen LogP contribution in [0.15, 0.2) is 50.7 Å². The van der Waals surface area contributed by atoms with Crippen LogP contribution in [-0.2, 0) is 4.79 Å². The zero-order valence-electron chi connectivity index (χ0n) is 13.8. The molecule has 0 N–H and O–H groups in total. The standard InChI is InChI=1S/C18H18N2O3S/c1-4-20-17(21)16(11-15-8-5-12(2)23-15)24-18(20)19-13-6-9-14(22-3)10-7-13/h5-11H,4H2,1-3H3/b16-11-,19-18?. The van der Waals surface area contributed by atoms with E-state index < -0.39 is 0 Å². The van der Waals surface area contributed by atoms with Gasteiger partial charge in [0.2, 0.25) is 0 Å². The fraction of sp³-hybridized carbons (Fsp3) is 0.222. The molecule has 5 nitrogen and oxygen atoms in total. The third-order valence-corrected chi connectivity index (χ3v) is 4.54. The maximum absolute atomic E-state index is 12.5. The van der Waals surface area contributed by atoms with Crippen molar-refractivity contribution < 1.29 is 13.9 Å².